The summed E-state index contributed by atoms with van der Waals surface area (Å²) in [5.74, 6) is 1.37. The summed E-state index contributed by atoms with van der Waals surface area (Å²) in [5.41, 5.74) is 0.00673. The maximum atomic E-state index is 8.40. The summed E-state index contributed by atoms with van der Waals surface area (Å²) >= 11 is 0. The molecule has 3 heteroatoms. The average Bonchev–Trinajstić information content (AvgIpc) is 2.29. The van der Waals surface area contributed by atoms with Crippen LogP contribution in [-0.4, -0.2) is 36.0 Å². The van der Waals surface area contributed by atoms with Gasteiger partial charge in [0.1, 0.15) is 0 Å². The number of hydrogen-bond acceptors (Lipinski definition) is 2. The van der Waals surface area contributed by atoms with E-state index >= 15 is 0 Å². The molecule has 3 nitrogen and oxygen atoms in total. The van der Waals surface area contributed by atoms with Crippen LogP contribution in [-0.2, 0) is 4.74 Å². The van der Waals surface area contributed by atoms with Crippen molar-refractivity contribution in [2.24, 2.45) is 5.92 Å². The average molecular weight is 224 g/mol. The standard InChI is InChI=1S/C13H24N2O/c1-13(2)10-16-9-8-15(13)12(14)11-6-4-3-5-7-11/h11,14H,3-10H2,1-2H3. The van der Waals surface area contributed by atoms with E-state index in [-0.39, 0.29) is 5.54 Å². The molecule has 0 amide bonds. The zero-order chi connectivity index (χ0) is 11.6. The molecule has 0 unspecified atom stereocenters. The second-order valence-corrected chi connectivity index (χ2v) is 5.74. The van der Waals surface area contributed by atoms with Crippen molar-refractivity contribution in [1.29, 1.82) is 5.41 Å². The van der Waals surface area contributed by atoms with Gasteiger partial charge in [-0.3, -0.25) is 5.41 Å². The summed E-state index contributed by atoms with van der Waals surface area (Å²) in [7, 11) is 0. The van der Waals surface area contributed by atoms with Crippen molar-refractivity contribution in [2.45, 2.75) is 51.5 Å². The lowest BCUT2D eigenvalue weighted by atomic mass is 9.86. The van der Waals surface area contributed by atoms with Gasteiger partial charge in [-0.2, -0.15) is 0 Å². The third-order valence-electron chi connectivity index (χ3n) is 3.93. The Bertz CT molecular complexity index is 257. The lowest BCUT2D eigenvalue weighted by Crippen LogP contribution is -2.57. The Kier molecular flexibility index (Phi) is 3.53. The van der Waals surface area contributed by atoms with Crippen molar-refractivity contribution in [2.75, 3.05) is 19.8 Å². The van der Waals surface area contributed by atoms with Crippen LogP contribution < -0.4 is 0 Å². The minimum absolute atomic E-state index is 0.00673. The smallest absolute Gasteiger partial charge is 0.0995 e. The maximum absolute atomic E-state index is 8.40. The van der Waals surface area contributed by atoms with Crippen LogP contribution in [0.1, 0.15) is 46.0 Å². The van der Waals surface area contributed by atoms with Gasteiger partial charge in [0.05, 0.1) is 24.6 Å². The van der Waals surface area contributed by atoms with Crippen molar-refractivity contribution in [3.63, 3.8) is 0 Å². The van der Waals surface area contributed by atoms with E-state index in [1.54, 1.807) is 0 Å². The Balaban J connectivity index is 2.01. The molecule has 0 radical (unpaired) electrons. The van der Waals surface area contributed by atoms with Crippen LogP contribution >= 0.6 is 0 Å². The molecule has 92 valence electrons. The number of morpholine rings is 1. The highest BCUT2D eigenvalue weighted by Crippen LogP contribution is 2.29. The summed E-state index contributed by atoms with van der Waals surface area (Å²) in [5, 5.41) is 8.40. The molecule has 1 aliphatic heterocycles. The van der Waals surface area contributed by atoms with Crippen LogP contribution in [0.2, 0.25) is 0 Å². The molecule has 0 aromatic rings. The summed E-state index contributed by atoms with van der Waals surface area (Å²) in [6.45, 7) is 6.79. The second-order valence-electron chi connectivity index (χ2n) is 5.74. The number of nitrogens with zero attached hydrogens (tertiary/aromatic N) is 1. The molecule has 16 heavy (non-hydrogen) atoms. The maximum Gasteiger partial charge on any atom is 0.0995 e. The first kappa shape index (κ1) is 11.9. The van der Waals surface area contributed by atoms with Crippen LogP contribution in [0.5, 0.6) is 0 Å². The Morgan fingerprint density at radius 1 is 1.25 bits per heavy atom. The van der Waals surface area contributed by atoms with Crippen molar-refractivity contribution in [1.82, 2.24) is 4.90 Å². The highest BCUT2D eigenvalue weighted by Gasteiger charge is 2.35. The highest BCUT2D eigenvalue weighted by atomic mass is 16.5. The predicted octanol–water partition coefficient (Wildman–Crippen LogP) is 2.65. The second kappa shape index (κ2) is 4.74. The van der Waals surface area contributed by atoms with Crippen LogP contribution in [0.4, 0.5) is 0 Å². The molecule has 0 aromatic heterocycles. The van der Waals surface area contributed by atoms with E-state index in [9.17, 15) is 0 Å². The lowest BCUT2D eigenvalue weighted by molar-refractivity contribution is -0.0182. The number of ether oxygens (including phenoxy) is 1. The first-order chi connectivity index (χ1) is 7.61. The van der Waals surface area contributed by atoms with Gasteiger partial charge in [-0.1, -0.05) is 19.3 Å². The van der Waals surface area contributed by atoms with Gasteiger partial charge in [0, 0.05) is 12.5 Å². The van der Waals surface area contributed by atoms with E-state index in [1.165, 1.54) is 32.1 Å². The molecule has 1 saturated heterocycles. The van der Waals surface area contributed by atoms with Crippen molar-refractivity contribution >= 4 is 5.84 Å². The zero-order valence-corrected chi connectivity index (χ0v) is 10.6. The monoisotopic (exact) mass is 224 g/mol. The molecule has 0 bridgehead atoms. The number of hydrogen-bond donors (Lipinski definition) is 1. The first-order valence-corrected chi connectivity index (χ1v) is 6.55. The first-order valence-electron chi connectivity index (χ1n) is 6.55. The zero-order valence-electron chi connectivity index (χ0n) is 10.6. The largest absolute Gasteiger partial charge is 0.377 e. The van der Waals surface area contributed by atoms with Crippen molar-refractivity contribution in [3.8, 4) is 0 Å². The number of rotatable bonds is 1. The van der Waals surface area contributed by atoms with Gasteiger partial charge in [0.25, 0.3) is 0 Å². The molecule has 0 spiro atoms. The van der Waals surface area contributed by atoms with Gasteiger partial charge >= 0.3 is 0 Å². The quantitative estimate of drug-likeness (QED) is 0.549. The van der Waals surface area contributed by atoms with Crippen molar-refractivity contribution < 1.29 is 4.74 Å². The molecule has 1 saturated carbocycles. The Labute approximate surface area is 98.7 Å². The topological polar surface area (TPSA) is 36.3 Å². The van der Waals surface area contributed by atoms with Gasteiger partial charge in [-0.25, -0.2) is 0 Å². The lowest BCUT2D eigenvalue weighted by Gasteiger charge is -2.46. The minimum atomic E-state index is 0.00673. The van der Waals surface area contributed by atoms with E-state index in [2.05, 4.69) is 18.7 Å². The summed E-state index contributed by atoms with van der Waals surface area (Å²) in [6, 6.07) is 0. The molecule has 1 aliphatic carbocycles. The minimum Gasteiger partial charge on any atom is -0.377 e. The van der Waals surface area contributed by atoms with E-state index in [0.29, 0.717) is 5.92 Å². The molecule has 2 fully saturated rings. The molecular weight excluding hydrogens is 200 g/mol. The Hall–Kier alpha value is -0.570. The molecule has 1 N–H and O–H groups in total. The summed E-state index contributed by atoms with van der Waals surface area (Å²) in [6.07, 6.45) is 6.39. The number of amidine groups is 1. The Morgan fingerprint density at radius 2 is 1.94 bits per heavy atom. The summed E-state index contributed by atoms with van der Waals surface area (Å²) < 4.78 is 5.51. The molecule has 0 aromatic carbocycles. The third kappa shape index (κ3) is 2.40. The van der Waals surface area contributed by atoms with E-state index < -0.39 is 0 Å². The molecule has 0 atom stereocenters. The fourth-order valence-corrected chi connectivity index (χ4v) is 2.90. The van der Waals surface area contributed by atoms with Gasteiger partial charge in [0.2, 0.25) is 0 Å². The normalized spacial score (nSPS) is 26.8. The highest BCUT2D eigenvalue weighted by molar-refractivity contribution is 5.82. The SMILES string of the molecule is CC1(C)COCCN1C(=N)C1CCCCC1. The van der Waals surface area contributed by atoms with E-state index in [1.807, 2.05) is 0 Å². The van der Waals surface area contributed by atoms with E-state index in [4.69, 9.17) is 10.1 Å². The molecule has 1 heterocycles. The predicted molar refractivity (Wildman–Crippen MR) is 65.9 cm³/mol. The van der Waals surface area contributed by atoms with Crippen LogP contribution in [0.25, 0.3) is 0 Å². The van der Waals surface area contributed by atoms with Gasteiger partial charge in [-0.15, -0.1) is 0 Å². The third-order valence-corrected chi connectivity index (χ3v) is 3.93. The molecular formula is C13H24N2O. The Morgan fingerprint density at radius 3 is 2.56 bits per heavy atom. The molecule has 2 rings (SSSR count). The van der Waals surface area contributed by atoms with Crippen molar-refractivity contribution in [3.05, 3.63) is 0 Å². The number of nitrogens with one attached hydrogen (secondary N) is 1. The van der Waals surface area contributed by atoms with Crippen LogP contribution in [0.15, 0.2) is 0 Å². The van der Waals surface area contributed by atoms with Gasteiger partial charge in [-0.05, 0) is 26.7 Å². The van der Waals surface area contributed by atoms with Crippen LogP contribution in [0.3, 0.4) is 0 Å². The van der Waals surface area contributed by atoms with Crippen LogP contribution in [0, 0.1) is 11.3 Å². The fourth-order valence-electron chi connectivity index (χ4n) is 2.90. The van der Waals surface area contributed by atoms with Gasteiger partial charge in [0.15, 0.2) is 0 Å². The summed E-state index contributed by atoms with van der Waals surface area (Å²) in [4.78, 5) is 2.27. The fraction of sp³-hybridized carbons (Fsp3) is 0.923. The van der Waals surface area contributed by atoms with E-state index in [0.717, 1.165) is 25.6 Å². The van der Waals surface area contributed by atoms with Gasteiger partial charge < -0.3 is 9.64 Å². The molecule has 2 aliphatic rings.